The van der Waals surface area contributed by atoms with E-state index in [0.29, 0.717) is 65.2 Å². The van der Waals surface area contributed by atoms with Crippen LogP contribution in [0.1, 0.15) is 56.5 Å². The van der Waals surface area contributed by atoms with Crippen LogP contribution in [0.3, 0.4) is 0 Å². The number of unbranched alkanes of at least 4 members (excludes halogenated alkanes) is 1. The van der Waals surface area contributed by atoms with Gasteiger partial charge in [-0.1, -0.05) is 103 Å². The fourth-order valence-electron chi connectivity index (χ4n) is 6.24. The zero-order chi connectivity index (χ0) is 44.9. The number of nitrogens with zero attached hydrogens (tertiary/aromatic N) is 4. The second kappa shape index (κ2) is 25.1. The molecule has 0 aliphatic rings. The summed E-state index contributed by atoms with van der Waals surface area (Å²) in [6.45, 7) is 22.2. The Bertz CT molecular complexity index is 2640. The average Bonchev–Trinajstić information content (AvgIpc) is 4.08. The van der Waals surface area contributed by atoms with Gasteiger partial charge in [-0.2, -0.15) is 6.42 Å². The number of hydrogen-bond acceptors (Lipinski definition) is 8. The van der Waals surface area contributed by atoms with Gasteiger partial charge in [-0.25, -0.2) is 18.7 Å². The van der Waals surface area contributed by atoms with Crippen molar-refractivity contribution in [3.05, 3.63) is 139 Å². The summed E-state index contributed by atoms with van der Waals surface area (Å²) in [5.41, 5.74) is 2.46. The van der Waals surface area contributed by atoms with E-state index >= 15 is 0 Å². The molecule has 0 amide bonds. The number of aromatic nitrogens is 4. The molecule has 4 heterocycles. The van der Waals surface area contributed by atoms with Gasteiger partial charge in [0.15, 0.2) is 29.1 Å². The van der Waals surface area contributed by atoms with Crippen LogP contribution in [0.4, 0.5) is 8.78 Å². The number of imidazole rings is 2. The average molecular weight is 908 g/mol. The normalized spacial score (nSPS) is 11.7. The molecule has 1 atom stereocenters. The minimum absolute atomic E-state index is 0. The molecule has 0 spiro atoms. The summed E-state index contributed by atoms with van der Waals surface area (Å²) in [6, 6.07) is 22.5. The van der Waals surface area contributed by atoms with E-state index in [0.717, 1.165) is 29.8 Å². The zero-order valence-electron chi connectivity index (χ0n) is 37.9. The Balaban J connectivity index is 0.000000342. The third-order valence-electron chi connectivity index (χ3n) is 9.81. The first-order chi connectivity index (χ1) is 29.7. The van der Waals surface area contributed by atoms with Crippen molar-refractivity contribution in [2.75, 3.05) is 13.2 Å². The minimum Gasteiger partial charge on any atom is -0.453 e. The molecule has 0 fully saturated rings. The first-order valence-corrected chi connectivity index (χ1v) is 28.3. The van der Waals surface area contributed by atoms with Crippen LogP contribution < -0.4 is 18.9 Å². The molecule has 340 valence electrons. The van der Waals surface area contributed by atoms with Gasteiger partial charge in [0.1, 0.15) is 36.6 Å². The number of ether oxygens (including phenoxy) is 2. The maximum atomic E-state index is 14.4. The topological polar surface area (TPSA) is 118 Å². The molecule has 15 heteroatoms. The Morgan fingerprint density at radius 3 is 1.86 bits per heavy atom. The van der Waals surface area contributed by atoms with E-state index in [1.807, 2.05) is 47.2 Å². The van der Waals surface area contributed by atoms with Crippen molar-refractivity contribution in [2.24, 2.45) is 0 Å². The van der Waals surface area contributed by atoms with E-state index < -0.39 is 33.9 Å². The van der Waals surface area contributed by atoms with E-state index in [4.69, 9.17) is 18.3 Å². The number of aliphatic hydroxyl groups is 1. The van der Waals surface area contributed by atoms with Crippen LogP contribution in [0.2, 0.25) is 51.4 Å². The van der Waals surface area contributed by atoms with E-state index in [-0.39, 0.29) is 38.9 Å². The van der Waals surface area contributed by atoms with E-state index in [2.05, 4.69) is 63.1 Å². The molecule has 1 N–H and O–H groups in total. The largest absolute Gasteiger partial charge is 1.00 e. The number of carbonyl (C=O) groups excluding carboxylic acids is 1. The molecule has 1 unspecified atom stereocenters. The summed E-state index contributed by atoms with van der Waals surface area (Å²) in [7, 11) is -2.10. The van der Waals surface area contributed by atoms with Crippen LogP contribution in [0.25, 0.3) is 43.9 Å². The summed E-state index contributed by atoms with van der Waals surface area (Å²) >= 11 is 0. The van der Waals surface area contributed by atoms with E-state index in [9.17, 15) is 18.7 Å². The summed E-state index contributed by atoms with van der Waals surface area (Å²) in [6.07, 6.45) is 10.8. The fourth-order valence-corrected chi connectivity index (χ4v) is 7.75. The monoisotopic (exact) mass is 907 g/mol. The number of aldehydes is 1. The van der Waals surface area contributed by atoms with Crippen LogP contribution >= 0.6 is 0 Å². The van der Waals surface area contributed by atoms with Gasteiger partial charge in [0.05, 0.1) is 6.33 Å². The molecule has 0 radical (unpaired) electrons. The van der Waals surface area contributed by atoms with Crippen molar-refractivity contribution < 1.29 is 57.3 Å². The second-order valence-corrected chi connectivity index (χ2v) is 28.5. The molecule has 0 saturated heterocycles. The van der Waals surface area contributed by atoms with E-state index in [1.165, 1.54) is 30.7 Å². The Labute approximate surface area is 391 Å². The molecule has 10 nitrogen and oxygen atoms in total. The smallest absolute Gasteiger partial charge is 0.453 e. The predicted molar refractivity (Wildman–Crippen MR) is 259 cm³/mol. The van der Waals surface area contributed by atoms with Crippen molar-refractivity contribution >= 4 is 66.3 Å². The first kappa shape index (κ1) is 53.7. The summed E-state index contributed by atoms with van der Waals surface area (Å²) in [4.78, 5) is 19.2. The van der Waals surface area contributed by atoms with Gasteiger partial charge < -0.3 is 39.5 Å². The van der Waals surface area contributed by atoms with Crippen LogP contribution in [-0.4, -0.2) is 59.9 Å². The summed E-state index contributed by atoms with van der Waals surface area (Å²) in [5.74, 6) is -0.446. The minimum atomic E-state index is -1.17. The van der Waals surface area contributed by atoms with Crippen LogP contribution in [0.5, 0.6) is 0 Å². The van der Waals surface area contributed by atoms with Crippen molar-refractivity contribution in [3.8, 4) is 0 Å². The molecule has 0 aliphatic heterocycles. The third-order valence-corrected chi connectivity index (χ3v) is 13.2. The van der Waals surface area contributed by atoms with Gasteiger partial charge in [0, 0.05) is 82.7 Å². The van der Waals surface area contributed by atoms with Crippen LogP contribution in [0, 0.1) is 18.6 Å². The maximum absolute atomic E-state index is 14.4. The Kier molecular flexibility index (Phi) is 21.1. The number of furan rings is 2. The Morgan fingerprint density at radius 1 is 0.797 bits per heavy atom. The Morgan fingerprint density at radius 2 is 1.33 bits per heavy atom. The van der Waals surface area contributed by atoms with Crippen molar-refractivity contribution in [2.45, 2.75) is 98.1 Å². The van der Waals surface area contributed by atoms with Gasteiger partial charge >= 0.3 is 18.9 Å². The standard InChI is InChI=1S/C22H25FN2O3Si.C13H7FO2.C9H18N2OSi.C4H9.CH4.Li.H2/c1-29(2,3)13-12-27-14-25-11-10-24-22(25)20(26)16-8-9-17(23)21-19(16)15-6-4-5-7-18(15)28-21;14-10-6-5-8(7-15)12-9-3-1-2-4-11(9)16-13(10)12;1-13(2,3)7-6-12-9-11-5-4-10-8-11;1-3-4-2;;;/h4-11,20,26H,12-14H2,1-3H3;1-7H;4-5,8H,6-7,9H2,1-3H3;1,3-4H2,2H3;1H4;;1H/q;;;-1;;+1;/i;;;;;;1+1. The van der Waals surface area contributed by atoms with Crippen LogP contribution in [0.15, 0.2) is 113 Å². The van der Waals surface area contributed by atoms with E-state index in [1.54, 1.807) is 47.7 Å². The zero-order valence-corrected chi connectivity index (χ0v) is 39.9. The Hall–Kier alpha value is -4.66. The van der Waals surface area contributed by atoms with Crippen molar-refractivity contribution in [3.63, 3.8) is 0 Å². The number of benzene rings is 4. The van der Waals surface area contributed by atoms with Gasteiger partial charge in [-0.3, -0.25) is 4.79 Å². The molecule has 8 rings (SSSR count). The molecule has 0 aliphatic carbocycles. The van der Waals surface area contributed by atoms with Gasteiger partial charge in [-0.05, 0) is 48.0 Å². The predicted octanol–water partition coefficient (Wildman–Crippen LogP) is 10.6. The fraction of sp³-hybridized carbons (Fsp3) is 0.347. The molecule has 4 aromatic carbocycles. The van der Waals surface area contributed by atoms with Gasteiger partial charge in [-0.15, -0.1) is 0 Å². The number of fused-ring (bicyclic) bond motifs is 6. The first-order valence-electron chi connectivity index (χ1n) is 20.9. The number of para-hydroxylation sites is 2. The van der Waals surface area contributed by atoms with Gasteiger partial charge in [0.2, 0.25) is 0 Å². The SMILES string of the molecule is C.C[Si](C)(C)CCOCn1ccnc1.C[Si](C)(C)CCOCn1ccnc1C(O)c1ccc(F)c2oc3ccccc3c12.O=Cc1ccc(F)c2oc3ccccc3c12.[2HH].[CH2-]CCC.[Li+]. The molecule has 4 aromatic heterocycles. The van der Waals surface area contributed by atoms with Crippen molar-refractivity contribution in [1.82, 2.24) is 19.1 Å². The number of aliphatic hydroxyl groups excluding tert-OH is 1. The molecule has 64 heavy (non-hydrogen) atoms. The van der Waals surface area contributed by atoms with Crippen LogP contribution in [-0.2, 0) is 22.9 Å². The molecule has 8 aromatic rings. The number of hydrogen-bond donors (Lipinski definition) is 1. The number of rotatable bonds is 14. The number of carbonyl (C=O) groups is 1. The summed E-state index contributed by atoms with van der Waals surface area (Å²) < 4.78 is 54.0. The second-order valence-electron chi connectivity index (χ2n) is 17.3. The van der Waals surface area contributed by atoms with Crippen molar-refractivity contribution in [1.29, 1.82) is 0 Å². The van der Waals surface area contributed by atoms with Gasteiger partial charge in [0.25, 0.3) is 0 Å². The molecule has 0 bridgehead atoms. The quantitative estimate of drug-likeness (QED) is 0.0496. The number of halogens is 2. The maximum Gasteiger partial charge on any atom is 1.00 e. The molecular weight excluding hydrogens is 842 g/mol. The molecule has 0 saturated carbocycles. The summed E-state index contributed by atoms with van der Waals surface area (Å²) in [5, 5.41) is 13.8. The third kappa shape index (κ3) is 14.7. The molecular formula is C49H65F2LiN4O6Si2.